The van der Waals surface area contributed by atoms with Gasteiger partial charge in [-0.15, -0.1) is 0 Å². The molecule has 3 heteroatoms. The smallest absolute Gasteiger partial charge is 0.212 e. The Hall–Kier alpha value is -0.833. The Morgan fingerprint density at radius 2 is 2.00 bits per heavy atom. The molecule has 0 radical (unpaired) electrons. The second-order valence-corrected chi connectivity index (χ2v) is 8.85. The molecular weight excluding hydrogens is 166 g/mol. The van der Waals surface area contributed by atoms with E-state index in [0.717, 1.165) is 5.88 Å². The summed E-state index contributed by atoms with van der Waals surface area (Å²) in [5, 5.41) is 1.28. The van der Waals surface area contributed by atoms with Gasteiger partial charge < -0.3 is 4.74 Å². The van der Waals surface area contributed by atoms with Crippen LogP contribution < -0.4 is 9.92 Å². The van der Waals surface area contributed by atoms with Crippen molar-refractivity contribution >= 4 is 13.3 Å². The highest BCUT2D eigenvalue weighted by atomic mass is 28.3. The van der Waals surface area contributed by atoms with Crippen LogP contribution in [0.1, 0.15) is 0 Å². The van der Waals surface area contributed by atoms with Gasteiger partial charge in [0.05, 0.1) is 15.2 Å². The van der Waals surface area contributed by atoms with Crippen LogP contribution >= 0.6 is 0 Å². The fourth-order valence-electron chi connectivity index (χ4n) is 1.12. The van der Waals surface area contributed by atoms with Crippen molar-refractivity contribution in [1.29, 1.82) is 0 Å². The Labute approximate surface area is 74.6 Å². The number of nitrogens with zero attached hydrogens (tertiary/aromatic N) is 1. The Kier molecular flexibility index (Phi) is 2.52. The van der Waals surface area contributed by atoms with Crippen LogP contribution in [0.25, 0.3) is 0 Å². The van der Waals surface area contributed by atoms with Crippen LogP contribution in [-0.4, -0.2) is 20.2 Å². The van der Waals surface area contributed by atoms with E-state index in [4.69, 9.17) is 4.74 Å². The predicted molar refractivity (Wildman–Crippen MR) is 53.8 cm³/mol. The van der Waals surface area contributed by atoms with Crippen LogP contribution in [0, 0.1) is 0 Å². The van der Waals surface area contributed by atoms with Crippen molar-refractivity contribution in [1.82, 2.24) is 4.98 Å². The van der Waals surface area contributed by atoms with Gasteiger partial charge in [-0.05, 0) is 6.07 Å². The van der Waals surface area contributed by atoms with E-state index >= 15 is 0 Å². The molecule has 0 aliphatic rings. The van der Waals surface area contributed by atoms with Gasteiger partial charge in [-0.2, -0.15) is 0 Å². The highest BCUT2D eigenvalue weighted by Crippen LogP contribution is 2.09. The summed E-state index contributed by atoms with van der Waals surface area (Å²) in [5.74, 6) is 0.789. The number of aromatic nitrogens is 1. The monoisotopic (exact) mass is 181 g/mol. The second kappa shape index (κ2) is 3.27. The fraction of sp³-hybridized carbons (Fsp3) is 0.444. The summed E-state index contributed by atoms with van der Waals surface area (Å²) in [6, 6.07) is 4.08. The van der Waals surface area contributed by atoms with Crippen molar-refractivity contribution in [3.05, 3.63) is 18.3 Å². The molecule has 0 saturated carbocycles. The minimum Gasteiger partial charge on any atom is -0.481 e. The first-order valence-corrected chi connectivity index (χ1v) is 7.55. The molecule has 1 aromatic rings. The lowest BCUT2D eigenvalue weighted by atomic mass is 10.5. The first kappa shape index (κ1) is 9.26. The summed E-state index contributed by atoms with van der Waals surface area (Å²) in [5.41, 5.74) is 0. The fourth-order valence-corrected chi connectivity index (χ4v) is 2.53. The van der Waals surface area contributed by atoms with Crippen molar-refractivity contribution in [2.45, 2.75) is 19.6 Å². The number of rotatable bonds is 2. The van der Waals surface area contributed by atoms with Gasteiger partial charge in [-0.3, -0.25) is 0 Å². The molecule has 66 valence electrons. The number of hydrogen-bond donors (Lipinski definition) is 0. The molecule has 0 saturated heterocycles. The zero-order valence-electron chi connectivity index (χ0n) is 8.09. The lowest BCUT2D eigenvalue weighted by molar-refractivity contribution is 0.401. The number of hydrogen-bond acceptors (Lipinski definition) is 2. The van der Waals surface area contributed by atoms with Crippen LogP contribution in [-0.2, 0) is 0 Å². The largest absolute Gasteiger partial charge is 0.481 e. The standard InChI is InChI=1S/C9H15NOSi/c1-11-9-8(12(2,3)4)6-5-7-10-9/h5-7H,1-4H3. The maximum absolute atomic E-state index is 5.20. The summed E-state index contributed by atoms with van der Waals surface area (Å²) in [6.07, 6.45) is 1.77. The molecule has 0 aliphatic carbocycles. The molecule has 1 rings (SSSR count). The second-order valence-electron chi connectivity index (χ2n) is 3.81. The minimum atomic E-state index is -1.29. The molecule has 0 unspecified atom stereocenters. The molecule has 0 N–H and O–H groups in total. The number of methoxy groups -OCH3 is 1. The number of pyridine rings is 1. The van der Waals surface area contributed by atoms with Crippen LogP contribution in [0.15, 0.2) is 18.3 Å². The van der Waals surface area contributed by atoms with Crippen molar-refractivity contribution in [3.8, 4) is 5.88 Å². The van der Waals surface area contributed by atoms with Crippen LogP contribution in [0.3, 0.4) is 0 Å². The zero-order valence-corrected chi connectivity index (χ0v) is 9.09. The summed E-state index contributed by atoms with van der Waals surface area (Å²) in [4.78, 5) is 4.18. The van der Waals surface area contributed by atoms with E-state index in [1.807, 2.05) is 6.07 Å². The van der Waals surface area contributed by atoms with E-state index in [2.05, 4.69) is 30.7 Å². The molecule has 1 heterocycles. The van der Waals surface area contributed by atoms with E-state index in [1.54, 1.807) is 13.3 Å². The maximum atomic E-state index is 5.20. The topological polar surface area (TPSA) is 22.1 Å². The van der Waals surface area contributed by atoms with Crippen LogP contribution in [0.5, 0.6) is 5.88 Å². The third-order valence-electron chi connectivity index (χ3n) is 1.77. The molecule has 0 fully saturated rings. The lowest BCUT2D eigenvalue weighted by Gasteiger charge is -2.18. The maximum Gasteiger partial charge on any atom is 0.212 e. The SMILES string of the molecule is COc1ncccc1[Si](C)(C)C. The highest BCUT2D eigenvalue weighted by Gasteiger charge is 2.20. The van der Waals surface area contributed by atoms with Gasteiger partial charge in [0, 0.05) is 11.4 Å². The third-order valence-corrected chi connectivity index (χ3v) is 3.77. The first-order valence-electron chi connectivity index (χ1n) is 4.05. The molecule has 0 spiro atoms. The van der Waals surface area contributed by atoms with Gasteiger partial charge in [-0.25, -0.2) is 4.98 Å². The molecule has 0 atom stereocenters. The predicted octanol–water partition coefficient (Wildman–Crippen LogP) is 1.64. The van der Waals surface area contributed by atoms with E-state index in [9.17, 15) is 0 Å². The average molecular weight is 181 g/mol. The van der Waals surface area contributed by atoms with Crippen LogP contribution in [0.4, 0.5) is 0 Å². The molecular formula is C9H15NOSi. The molecule has 0 aliphatic heterocycles. The Balaban J connectivity index is 3.14. The minimum absolute atomic E-state index is 0.789. The van der Waals surface area contributed by atoms with E-state index in [0.29, 0.717) is 0 Å². The number of ether oxygens (including phenoxy) is 1. The highest BCUT2D eigenvalue weighted by molar-refractivity contribution is 6.89. The zero-order chi connectivity index (χ0) is 9.19. The van der Waals surface area contributed by atoms with Gasteiger partial charge in [0.15, 0.2) is 0 Å². The molecule has 0 bridgehead atoms. The van der Waals surface area contributed by atoms with E-state index in [-0.39, 0.29) is 0 Å². The normalized spacial score (nSPS) is 11.3. The molecule has 12 heavy (non-hydrogen) atoms. The van der Waals surface area contributed by atoms with Crippen molar-refractivity contribution in [2.24, 2.45) is 0 Å². The molecule has 0 aromatic carbocycles. The van der Waals surface area contributed by atoms with Gasteiger partial charge in [0.25, 0.3) is 0 Å². The summed E-state index contributed by atoms with van der Waals surface area (Å²) >= 11 is 0. The lowest BCUT2D eigenvalue weighted by Crippen LogP contribution is -2.38. The quantitative estimate of drug-likeness (QED) is 0.647. The van der Waals surface area contributed by atoms with Crippen molar-refractivity contribution in [2.75, 3.05) is 7.11 Å². The van der Waals surface area contributed by atoms with Gasteiger partial charge in [0.2, 0.25) is 5.88 Å². The molecule has 1 aromatic heterocycles. The van der Waals surface area contributed by atoms with Gasteiger partial charge in [-0.1, -0.05) is 25.7 Å². The van der Waals surface area contributed by atoms with Crippen molar-refractivity contribution < 1.29 is 4.74 Å². The Morgan fingerprint density at radius 1 is 1.33 bits per heavy atom. The Bertz CT molecular complexity index is 267. The Morgan fingerprint density at radius 3 is 2.42 bits per heavy atom. The summed E-state index contributed by atoms with van der Waals surface area (Å²) in [6.45, 7) is 6.85. The third kappa shape index (κ3) is 1.85. The summed E-state index contributed by atoms with van der Waals surface area (Å²) < 4.78 is 5.20. The molecule has 0 amide bonds. The van der Waals surface area contributed by atoms with Gasteiger partial charge >= 0.3 is 0 Å². The van der Waals surface area contributed by atoms with Crippen LogP contribution in [0.2, 0.25) is 19.6 Å². The van der Waals surface area contributed by atoms with E-state index in [1.165, 1.54) is 5.19 Å². The summed E-state index contributed by atoms with van der Waals surface area (Å²) in [7, 11) is 0.386. The first-order chi connectivity index (χ1) is 5.55. The average Bonchev–Trinajstić information content (AvgIpc) is 2.03. The van der Waals surface area contributed by atoms with Crippen molar-refractivity contribution in [3.63, 3.8) is 0 Å². The molecule has 2 nitrogen and oxygen atoms in total. The van der Waals surface area contributed by atoms with E-state index < -0.39 is 8.07 Å². The van der Waals surface area contributed by atoms with Gasteiger partial charge in [0.1, 0.15) is 0 Å².